The third kappa shape index (κ3) is 3.26. The number of likely N-dealkylation sites (N-methyl/N-ethyl adjacent to an activating group) is 1. The van der Waals surface area contributed by atoms with Crippen LogP contribution in [0.5, 0.6) is 5.75 Å². The van der Waals surface area contributed by atoms with Crippen LogP contribution in [0, 0.1) is 0 Å². The van der Waals surface area contributed by atoms with Crippen molar-refractivity contribution >= 4 is 0 Å². The lowest BCUT2D eigenvalue weighted by molar-refractivity contribution is 0.387. The lowest BCUT2D eigenvalue weighted by Gasteiger charge is -2.24. The highest BCUT2D eigenvalue weighted by Gasteiger charge is 2.19. The van der Waals surface area contributed by atoms with Crippen molar-refractivity contribution in [3.8, 4) is 5.75 Å². The predicted octanol–water partition coefficient (Wildman–Crippen LogP) is 3.50. The zero-order valence-electron chi connectivity index (χ0n) is 11.7. The standard InChI is InChI=1S/C16H25NO/c1-17-11-10-13-8-9-16(18-2)15(12-13)14-6-4-3-5-7-14/h8-9,12,14,17H,3-7,10-11H2,1-2H3. The third-order valence-electron chi connectivity index (χ3n) is 4.00. The molecule has 1 saturated carbocycles. The summed E-state index contributed by atoms with van der Waals surface area (Å²) in [6.45, 7) is 1.04. The van der Waals surface area contributed by atoms with Gasteiger partial charge >= 0.3 is 0 Å². The van der Waals surface area contributed by atoms with Crippen LogP contribution in [-0.4, -0.2) is 20.7 Å². The van der Waals surface area contributed by atoms with Crippen LogP contribution in [0.2, 0.25) is 0 Å². The molecule has 100 valence electrons. The molecule has 0 unspecified atom stereocenters. The summed E-state index contributed by atoms with van der Waals surface area (Å²) in [6, 6.07) is 6.71. The van der Waals surface area contributed by atoms with E-state index in [0.29, 0.717) is 5.92 Å². The second kappa shape index (κ2) is 6.79. The molecule has 0 aromatic heterocycles. The maximum atomic E-state index is 5.54. The Bertz CT molecular complexity index is 369. The molecule has 1 fully saturated rings. The molecular weight excluding hydrogens is 222 g/mol. The fourth-order valence-corrected chi connectivity index (χ4v) is 2.94. The molecule has 0 radical (unpaired) electrons. The fraction of sp³-hybridized carbons (Fsp3) is 0.625. The van der Waals surface area contributed by atoms with Gasteiger partial charge in [-0.3, -0.25) is 0 Å². The van der Waals surface area contributed by atoms with Gasteiger partial charge < -0.3 is 10.1 Å². The number of ether oxygens (including phenoxy) is 1. The number of hydrogen-bond acceptors (Lipinski definition) is 2. The lowest BCUT2D eigenvalue weighted by Crippen LogP contribution is -2.11. The van der Waals surface area contributed by atoms with Gasteiger partial charge in [0.15, 0.2) is 0 Å². The Morgan fingerprint density at radius 3 is 2.67 bits per heavy atom. The van der Waals surface area contributed by atoms with Gasteiger partial charge in [-0.15, -0.1) is 0 Å². The minimum Gasteiger partial charge on any atom is -0.496 e. The molecule has 0 atom stereocenters. The molecule has 2 heteroatoms. The SMILES string of the molecule is CNCCc1ccc(OC)c(C2CCCCC2)c1. The van der Waals surface area contributed by atoms with Crippen molar-refractivity contribution in [1.82, 2.24) is 5.32 Å². The zero-order chi connectivity index (χ0) is 12.8. The maximum absolute atomic E-state index is 5.54. The van der Waals surface area contributed by atoms with Gasteiger partial charge in [0, 0.05) is 0 Å². The summed E-state index contributed by atoms with van der Waals surface area (Å²) in [5.41, 5.74) is 2.86. The Balaban J connectivity index is 2.18. The quantitative estimate of drug-likeness (QED) is 0.859. The van der Waals surface area contributed by atoms with E-state index in [0.717, 1.165) is 18.7 Å². The second-order valence-electron chi connectivity index (χ2n) is 5.26. The zero-order valence-corrected chi connectivity index (χ0v) is 11.7. The van der Waals surface area contributed by atoms with E-state index < -0.39 is 0 Å². The molecule has 1 aliphatic rings. The monoisotopic (exact) mass is 247 g/mol. The molecule has 0 heterocycles. The normalized spacial score (nSPS) is 16.8. The van der Waals surface area contributed by atoms with Gasteiger partial charge in [0.25, 0.3) is 0 Å². The Kier molecular flexibility index (Phi) is 5.06. The van der Waals surface area contributed by atoms with Gasteiger partial charge in [0.2, 0.25) is 0 Å². The van der Waals surface area contributed by atoms with E-state index in [-0.39, 0.29) is 0 Å². The molecule has 1 aromatic carbocycles. The first-order chi connectivity index (χ1) is 8.85. The van der Waals surface area contributed by atoms with Crippen molar-refractivity contribution in [2.24, 2.45) is 0 Å². The van der Waals surface area contributed by atoms with Gasteiger partial charge in [-0.2, -0.15) is 0 Å². The largest absolute Gasteiger partial charge is 0.496 e. The van der Waals surface area contributed by atoms with Crippen LogP contribution in [0.15, 0.2) is 18.2 Å². The van der Waals surface area contributed by atoms with E-state index >= 15 is 0 Å². The highest BCUT2D eigenvalue weighted by molar-refractivity contribution is 5.40. The second-order valence-corrected chi connectivity index (χ2v) is 5.26. The summed E-state index contributed by atoms with van der Waals surface area (Å²) in [6.07, 6.45) is 7.89. The molecular formula is C16H25NO. The summed E-state index contributed by atoms with van der Waals surface area (Å²) >= 11 is 0. The van der Waals surface area contributed by atoms with Crippen molar-refractivity contribution in [1.29, 1.82) is 0 Å². The maximum Gasteiger partial charge on any atom is 0.122 e. The third-order valence-corrected chi connectivity index (χ3v) is 4.00. The van der Waals surface area contributed by atoms with Crippen molar-refractivity contribution in [3.63, 3.8) is 0 Å². The lowest BCUT2D eigenvalue weighted by atomic mass is 9.83. The summed E-state index contributed by atoms with van der Waals surface area (Å²) in [5, 5.41) is 3.21. The van der Waals surface area contributed by atoms with E-state index in [4.69, 9.17) is 4.74 Å². The number of benzene rings is 1. The van der Waals surface area contributed by atoms with Crippen LogP contribution in [-0.2, 0) is 6.42 Å². The first-order valence-corrected chi connectivity index (χ1v) is 7.16. The topological polar surface area (TPSA) is 21.3 Å². The first-order valence-electron chi connectivity index (χ1n) is 7.16. The number of hydrogen-bond donors (Lipinski definition) is 1. The van der Waals surface area contributed by atoms with Crippen molar-refractivity contribution < 1.29 is 4.74 Å². The molecule has 2 nitrogen and oxygen atoms in total. The van der Waals surface area contributed by atoms with Gasteiger partial charge in [0.1, 0.15) is 5.75 Å². The molecule has 2 rings (SSSR count). The van der Waals surface area contributed by atoms with E-state index in [2.05, 4.69) is 23.5 Å². The average molecular weight is 247 g/mol. The van der Waals surface area contributed by atoms with E-state index in [1.54, 1.807) is 7.11 Å². The van der Waals surface area contributed by atoms with Gasteiger partial charge in [0.05, 0.1) is 7.11 Å². The van der Waals surface area contributed by atoms with Crippen molar-refractivity contribution in [2.45, 2.75) is 44.4 Å². The minimum atomic E-state index is 0.711. The predicted molar refractivity (Wildman–Crippen MR) is 76.5 cm³/mol. The Morgan fingerprint density at radius 2 is 2.00 bits per heavy atom. The van der Waals surface area contributed by atoms with E-state index in [1.165, 1.54) is 43.2 Å². The number of methoxy groups -OCH3 is 1. The van der Waals surface area contributed by atoms with Crippen LogP contribution in [0.3, 0.4) is 0 Å². The fourth-order valence-electron chi connectivity index (χ4n) is 2.94. The smallest absolute Gasteiger partial charge is 0.122 e. The molecule has 0 spiro atoms. The summed E-state index contributed by atoms with van der Waals surface area (Å²) in [5.74, 6) is 1.79. The highest BCUT2D eigenvalue weighted by Crippen LogP contribution is 2.37. The van der Waals surface area contributed by atoms with Gasteiger partial charge in [-0.1, -0.05) is 31.4 Å². The van der Waals surface area contributed by atoms with E-state index in [1.807, 2.05) is 7.05 Å². The Labute approximate surface area is 111 Å². The highest BCUT2D eigenvalue weighted by atomic mass is 16.5. The molecule has 18 heavy (non-hydrogen) atoms. The summed E-state index contributed by atoms with van der Waals surface area (Å²) < 4.78 is 5.54. The molecule has 0 amide bonds. The summed E-state index contributed by atoms with van der Waals surface area (Å²) in [7, 11) is 3.79. The van der Waals surface area contributed by atoms with Crippen molar-refractivity contribution in [3.05, 3.63) is 29.3 Å². The van der Waals surface area contributed by atoms with Crippen LogP contribution in [0.25, 0.3) is 0 Å². The molecule has 1 aromatic rings. The Hall–Kier alpha value is -1.02. The van der Waals surface area contributed by atoms with Crippen LogP contribution in [0.4, 0.5) is 0 Å². The van der Waals surface area contributed by atoms with E-state index in [9.17, 15) is 0 Å². The van der Waals surface area contributed by atoms with Gasteiger partial charge in [-0.05, 0) is 56.0 Å². The van der Waals surface area contributed by atoms with Gasteiger partial charge in [-0.25, -0.2) is 0 Å². The minimum absolute atomic E-state index is 0.711. The molecule has 0 bridgehead atoms. The number of nitrogens with one attached hydrogen (secondary N) is 1. The molecule has 0 aliphatic heterocycles. The number of rotatable bonds is 5. The molecule has 1 aliphatic carbocycles. The Morgan fingerprint density at radius 1 is 1.22 bits per heavy atom. The van der Waals surface area contributed by atoms with Crippen molar-refractivity contribution in [2.75, 3.05) is 20.7 Å². The van der Waals surface area contributed by atoms with Crippen LogP contribution < -0.4 is 10.1 Å². The summed E-state index contributed by atoms with van der Waals surface area (Å²) in [4.78, 5) is 0. The van der Waals surface area contributed by atoms with Crippen LogP contribution in [0.1, 0.15) is 49.1 Å². The average Bonchev–Trinajstić information content (AvgIpc) is 2.45. The molecule has 0 saturated heterocycles. The molecule has 1 N–H and O–H groups in total. The first kappa shape index (κ1) is 13.4. The van der Waals surface area contributed by atoms with Crippen LogP contribution >= 0.6 is 0 Å².